The zero-order valence-electron chi connectivity index (χ0n) is 68.5. The van der Waals surface area contributed by atoms with E-state index in [1.54, 1.807) is 0 Å². The molecule has 4 aromatic heterocycles. The van der Waals surface area contributed by atoms with Crippen molar-refractivity contribution < 1.29 is 0 Å². The van der Waals surface area contributed by atoms with Crippen molar-refractivity contribution in [2.24, 2.45) is 0 Å². The van der Waals surface area contributed by atoms with Gasteiger partial charge < -0.3 is 28.4 Å². The largest absolute Gasteiger partial charge is 0.309 e. The van der Waals surface area contributed by atoms with E-state index < -0.39 is 0 Å². The first-order valence-electron chi connectivity index (χ1n) is 43.1. The SMILES string of the molecule is c1cc(-c2cc(-c3cccc(-n4c5ccccc5c5cc(N(c6cccc7ccccc67)c6cccc7ccccc67)ccc54)c3)nc(-c3cccc(-n4c5ccccc5c5cc(N(c6cccc7ccccc67)c6cccc7ccccc67)ccc54)c3)n2)cc(-n2c3ccccc3c3cc(N(c4cccc5ccccc45)c4cccc5ccccc45)ccc32)c1. The second kappa shape index (κ2) is 29.5. The lowest BCUT2D eigenvalue weighted by atomic mass is 10.0. The zero-order valence-corrected chi connectivity index (χ0v) is 68.5. The van der Waals surface area contributed by atoms with Gasteiger partial charge in [-0.15, -0.1) is 0 Å². The normalized spacial score (nSPS) is 11.8. The van der Waals surface area contributed by atoms with Crippen molar-refractivity contribution in [3.05, 3.63) is 461 Å². The summed E-state index contributed by atoms with van der Waals surface area (Å²) in [5.74, 6) is 0.599. The molecule has 0 bridgehead atoms. The molecule has 4 heterocycles. The van der Waals surface area contributed by atoms with Gasteiger partial charge in [0, 0.05) is 115 Å². The molecule has 21 aromatic carbocycles. The van der Waals surface area contributed by atoms with Gasteiger partial charge in [0.25, 0.3) is 0 Å². The van der Waals surface area contributed by atoms with E-state index in [0.717, 1.165) is 162 Å². The highest BCUT2D eigenvalue weighted by molar-refractivity contribution is 6.17. The second-order valence-corrected chi connectivity index (χ2v) is 32.8. The maximum Gasteiger partial charge on any atom is 0.160 e. The number of nitrogens with zero attached hydrogens (tertiary/aromatic N) is 8. The number of anilines is 9. The average Bonchev–Trinajstić information content (AvgIpc) is 1.58. The third-order valence-corrected chi connectivity index (χ3v) is 25.7. The number of benzene rings is 21. The molecular weight excluding hydrogens is 1530 g/mol. The highest BCUT2D eigenvalue weighted by Crippen LogP contribution is 2.50. The summed E-state index contributed by atoms with van der Waals surface area (Å²) in [6.45, 7) is 0. The van der Waals surface area contributed by atoms with Crippen LogP contribution in [-0.2, 0) is 0 Å². The van der Waals surface area contributed by atoms with Crippen molar-refractivity contribution in [3.8, 4) is 51.0 Å². The summed E-state index contributed by atoms with van der Waals surface area (Å²) in [5.41, 5.74) is 23.8. The Hall–Kier alpha value is -16.9. The summed E-state index contributed by atoms with van der Waals surface area (Å²) in [6.07, 6.45) is 0. The fourth-order valence-corrected chi connectivity index (χ4v) is 20.0. The van der Waals surface area contributed by atoms with Gasteiger partial charge in [0.2, 0.25) is 0 Å². The Morgan fingerprint density at radius 1 is 0.159 bits per heavy atom. The van der Waals surface area contributed by atoms with Crippen LogP contribution in [0.2, 0.25) is 0 Å². The van der Waals surface area contributed by atoms with Crippen LogP contribution in [0.1, 0.15) is 0 Å². The molecule has 8 nitrogen and oxygen atoms in total. The lowest BCUT2D eigenvalue weighted by Gasteiger charge is -2.28. The molecule has 25 aromatic rings. The standard InChI is InChI=1S/C118H76N8/c1-7-46-92-77(28-1)34-22-58-106(92)124(107-59-23-35-78-29-2-8-47-93(78)107)89-64-67-115-101(73-89)98-52-13-16-55-112(98)121(115)86-43-19-40-83(70-86)104-76-105(84-41-20-44-87(71-84)122-113-56-17-14-53-99(113)102-74-90(65-68-116(102)122)125(108-60-24-36-79-30-3-9-48-94(79)108)109-61-25-37-80-31-4-10-49-95(80)109)120-118(119-104)85-42-21-45-88(72-85)123-114-57-18-15-54-100(114)103-75-91(66-69-117(103)123)126(110-62-26-38-81-32-5-11-50-96(81)110)111-63-27-39-82-33-6-12-51-97(82)111/h1-76H. The fraction of sp³-hybridized carbons (Fsp3) is 0. The summed E-state index contributed by atoms with van der Waals surface area (Å²) in [7, 11) is 0. The van der Waals surface area contributed by atoms with E-state index in [0.29, 0.717) is 5.82 Å². The van der Waals surface area contributed by atoms with Gasteiger partial charge in [0.05, 0.1) is 78.6 Å². The zero-order chi connectivity index (χ0) is 82.9. The van der Waals surface area contributed by atoms with Crippen LogP contribution in [0.25, 0.3) is 181 Å². The Balaban J connectivity index is 0.654. The minimum atomic E-state index is 0.599. The molecule has 588 valence electrons. The van der Waals surface area contributed by atoms with Gasteiger partial charge in [-0.05, 0) is 184 Å². The number of rotatable bonds is 15. The highest BCUT2D eigenvalue weighted by Gasteiger charge is 2.27. The number of hydrogen-bond acceptors (Lipinski definition) is 5. The van der Waals surface area contributed by atoms with Gasteiger partial charge in [-0.1, -0.05) is 309 Å². The molecule has 0 radical (unpaired) electrons. The molecule has 0 N–H and O–H groups in total. The van der Waals surface area contributed by atoms with Crippen molar-refractivity contribution >= 4 is 181 Å². The van der Waals surface area contributed by atoms with Gasteiger partial charge in [-0.2, -0.15) is 0 Å². The van der Waals surface area contributed by atoms with Crippen LogP contribution in [0.4, 0.5) is 51.2 Å². The molecule has 0 saturated carbocycles. The minimum Gasteiger partial charge on any atom is -0.309 e. The van der Waals surface area contributed by atoms with Gasteiger partial charge in [-0.25, -0.2) is 9.97 Å². The van der Waals surface area contributed by atoms with Crippen LogP contribution in [0.3, 0.4) is 0 Å². The minimum absolute atomic E-state index is 0.599. The van der Waals surface area contributed by atoms with E-state index >= 15 is 0 Å². The fourth-order valence-electron chi connectivity index (χ4n) is 20.0. The number of aromatic nitrogens is 5. The molecule has 25 rings (SSSR count). The molecular formula is C118H76N8. The quantitative estimate of drug-likeness (QED) is 0.102. The first-order valence-corrected chi connectivity index (χ1v) is 43.1. The Kier molecular flexibility index (Phi) is 16.8. The van der Waals surface area contributed by atoms with Gasteiger partial charge >= 0.3 is 0 Å². The van der Waals surface area contributed by atoms with E-state index in [1.807, 2.05) is 0 Å². The number of para-hydroxylation sites is 3. The summed E-state index contributed by atoms with van der Waals surface area (Å²) in [4.78, 5) is 18.9. The van der Waals surface area contributed by atoms with E-state index in [-0.39, 0.29) is 0 Å². The Labute approximate surface area is 726 Å². The summed E-state index contributed by atoms with van der Waals surface area (Å²) in [6, 6.07) is 168. The van der Waals surface area contributed by atoms with Gasteiger partial charge in [0.1, 0.15) is 0 Å². The van der Waals surface area contributed by atoms with E-state index in [9.17, 15) is 0 Å². The topological polar surface area (TPSA) is 50.3 Å². The van der Waals surface area contributed by atoms with E-state index in [1.165, 1.54) is 64.6 Å². The molecule has 0 amide bonds. The van der Waals surface area contributed by atoms with Gasteiger partial charge in [0.15, 0.2) is 5.82 Å². The average molecular weight is 1610 g/mol. The molecule has 126 heavy (non-hydrogen) atoms. The van der Waals surface area contributed by atoms with E-state index in [2.05, 4.69) is 489 Å². The van der Waals surface area contributed by atoms with Crippen molar-refractivity contribution in [1.82, 2.24) is 23.7 Å². The molecule has 0 aliphatic heterocycles. The summed E-state index contributed by atoms with van der Waals surface area (Å²) >= 11 is 0. The molecule has 8 heteroatoms. The van der Waals surface area contributed by atoms with Gasteiger partial charge in [-0.3, -0.25) is 0 Å². The molecule has 0 atom stereocenters. The molecule has 0 aliphatic rings. The molecule has 0 aliphatic carbocycles. The molecule has 0 fully saturated rings. The Morgan fingerprint density at radius 3 is 0.667 bits per heavy atom. The monoisotopic (exact) mass is 1600 g/mol. The van der Waals surface area contributed by atoms with Crippen LogP contribution >= 0.6 is 0 Å². The predicted molar refractivity (Wildman–Crippen MR) is 530 cm³/mol. The van der Waals surface area contributed by atoms with Crippen LogP contribution in [0.5, 0.6) is 0 Å². The third kappa shape index (κ3) is 11.8. The Morgan fingerprint density at radius 2 is 0.381 bits per heavy atom. The molecule has 0 unspecified atom stereocenters. The Bertz CT molecular complexity index is 7660. The van der Waals surface area contributed by atoms with Crippen molar-refractivity contribution in [3.63, 3.8) is 0 Å². The lowest BCUT2D eigenvalue weighted by molar-refractivity contribution is 1.15. The van der Waals surface area contributed by atoms with Crippen molar-refractivity contribution in [2.75, 3.05) is 14.7 Å². The molecule has 0 saturated heterocycles. The first-order chi connectivity index (χ1) is 62.5. The van der Waals surface area contributed by atoms with E-state index in [4.69, 9.17) is 9.97 Å². The number of fused-ring (bicyclic) bond motifs is 15. The molecule has 0 spiro atoms. The maximum atomic E-state index is 5.76. The summed E-state index contributed by atoms with van der Waals surface area (Å²) < 4.78 is 7.26. The first kappa shape index (κ1) is 71.9. The van der Waals surface area contributed by atoms with Crippen LogP contribution in [0.15, 0.2) is 461 Å². The predicted octanol–water partition coefficient (Wildman–Crippen LogP) is 32.1. The van der Waals surface area contributed by atoms with Crippen LogP contribution in [0, 0.1) is 0 Å². The van der Waals surface area contributed by atoms with Crippen LogP contribution in [-0.4, -0.2) is 23.7 Å². The third-order valence-electron chi connectivity index (χ3n) is 25.7. The maximum absolute atomic E-state index is 5.76. The lowest BCUT2D eigenvalue weighted by Crippen LogP contribution is -2.11. The van der Waals surface area contributed by atoms with Crippen molar-refractivity contribution in [2.45, 2.75) is 0 Å². The smallest absolute Gasteiger partial charge is 0.160 e. The highest BCUT2D eigenvalue weighted by atomic mass is 15.2. The second-order valence-electron chi connectivity index (χ2n) is 32.8. The van der Waals surface area contributed by atoms with Crippen molar-refractivity contribution in [1.29, 1.82) is 0 Å². The summed E-state index contributed by atoms with van der Waals surface area (Å²) in [5, 5.41) is 21.0. The number of hydrogen-bond donors (Lipinski definition) is 0. The van der Waals surface area contributed by atoms with Crippen LogP contribution < -0.4 is 14.7 Å².